The smallest absolute Gasteiger partial charge is 0.374 e. The highest BCUT2D eigenvalue weighted by molar-refractivity contribution is 6.33. The third-order valence-corrected chi connectivity index (χ3v) is 6.64. The molecule has 1 heterocycles. The highest BCUT2D eigenvalue weighted by atomic mass is 35.5. The molecule has 0 amide bonds. The van der Waals surface area contributed by atoms with Gasteiger partial charge in [0.1, 0.15) is 17.0 Å². The van der Waals surface area contributed by atoms with Crippen molar-refractivity contribution in [1.29, 1.82) is 0 Å². The molecular formula is C26H27ClF3N3O3. The van der Waals surface area contributed by atoms with Crippen LogP contribution in [0.2, 0.25) is 5.02 Å². The van der Waals surface area contributed by atoms with Crippen molar-refractivity contribution in [1.82, 2.24) is 15.0 Å². The Morgan fingerprint density at radius 1 is 1.06 bits per heavy atom. The van der Waals surface area contributed by atoms with Gasteiger partial charge in [-0.3, -0.25) is 9.78 Å². The van der Waals surface area contributed by atoms with Crippen LogP contribution in [0.1, 0.15) is 45.2 Å². The number of hydrogen-bond acceptors (Lipinski definition) is 5. The molecule has 1 N–H and O–H groups in total. The maximum absolute atomic E-state index is 13.2. The Kier molecular flexibility index (Phi) is 7.76. The minimum Gasteiger partial charge on any atom is -0.374 e. The zero-order valence-corrected chi connectivity index (χ0v) is 21.3. The third kappa shape index (κ3) is 5.84. The largest absolute Gasteiger partial charge is 0.400 e. The van der Waals surface area contributed by atoms with Gasteiger partial charge >= 0.3 is 11.9 Å². The number of alkyl halides is 3. The fourth-order valence-electron chi connectivity index (χ4n) is 3.43. The molecule has 6 nitrogen and oxygen atoms in total. The fourth-order valence-corrected chi connectivity index (χ4v) is 3.64. The Balaban J connectivity index is 1.94. The van der Waals surface area contributed by atoms with Crippen molar-refractivity contribution >= 4 is 17.4 Å². The van der Waals surface area contributed by atoms with Crippen LogP contribution in [0.25, 0.3) is 22.8 Å². The van der Waals surface area contributed by atoms with E-state index in [-0.39, 0.29) is 29.5 Å². The molecule has 0 aliphatic rings. The molecule has 0 spiro atoms. The summed E-state index contributed by atoms with van der Waals surface area (Å²) in [5.74, 6) is -0.593. The molecule has 3 rings (SSSR count). The first-order valence-electron chi connectivity index (χ1n) is 11.2. The van der Waals surface area contributed by atoms with Crippen LogP contribution in [-0.4, -0.2) is 34.0 Å². The second kappa shape index (κ2) is 10.1. The number of ketones is 1. The number of hydrogen-bond donors (Lipinski definition) is 1. The maximum atomic E-state index is 13.2. The van der Waals surface area contributed by atoms with Crippen LogP contribution in [0.5, 0.6) is 0 Å². The van der Waals surface area contributed by atoms with Crippen molar-refractivity contribution in [2.24, 2.45) is 5.41 Å². The summed E-state index contributed by atoms with van der Waals surface area (Å²) in [6, 6.07) is 12.1. The standard InChI is InChI=1S/C26H27ClF3N3O3/c1-24(2,26(28,29)30)20(34)12-10-15-9-11-19(27)18(13-15)22-31-21(32-23(35)33-22)16-7-6-8-17(14-16)25(3,4)36-5/h6-9,11,13-14H,10,12H2,1-5H3,(H,31,32,33,35). The SMILES string of the molecule is COC(C)(C)c1cccc(-c2nc(-c3cc(CCC(=O)C(C)(C)C(F)(F)F)ccc3Cl)[nH]c(=O)n2)c1. The maximum Gasteiger partial charge on any atom is 0.400 e. The van der Waals surface area contributed by atoms with E-state index in [9.17, 15) is 22.8 Å². The van der Waals surface area contributed by atoms with Crippen molar-refractivity contribution in [3.63, 3.8) is 0 Å². The Bertz CT molecular complexity index is 1330. The minimum atomic E-state index is -4.64. The van der Waals surface area contributed by atoms with Crippen molar-refractivity contribution < 1.29 is 22.7 Å². The topological polar surface area (TPSA) is 84.9 Å². The summed E-state index contributed by atoms with van der Waals surface area (Å²) in [6.45, 7) is 5.56. The lowest BCUT2D eigenvalue weighted by Crippen LogP contribution is -2.39. The second-order valence-corrected chi connectivity index (χ2v) is 9.89. The molecule has 2 aromatic carbocycles. The number of aromatic amines is 1. The van der Waals surface area contributed by atoms with Crippen LogP contribution in [0.3, 0.4) is 0 Å². The Labute approximate surface area is 211 Å². The van der Waals surface area contributed by atoms with Gasteiger partial charge < -0.3 is 4.74 Å². The van der Waals surface area contributed by atoms with E-state index in [0.29, 0.717) is 16.7 Å². The first kappa shape index (κ1) is 27.5. The van der Waals surface area contributed by atoms with Gasteiger partial charge in [-0.1, -0.05) is 35.9 Å². The molecule has 0 saturated carbocycles. The van der Waals surface area contributed by atoms with Gasteiger partial charge in [-0.25, -0.2) is 9.78 Å². The lowest BCUT2D eigenvalue weighted by molar-refractivity contribution is -0.210. The molecular weight excluding hydrogens is 495 g/mol. The van der Waals surface area contributed by atoms with Crippen molar-refractivity contribution in [2.75, 3.05) is 7.11 Å². The summed E-state index contributed by atoms with van der Waals surface area (Å²) in [4.78, 5) is 35.7. The number of ether oxygens (including phenoxy) is 1. The van der Waals surface area contributed by atoms with Crippen LogP contribution in [0, 0.1) is 5.41 Å². The summed E-state index contributed by atoms with van der Waals surface area (Å²) in [7, 11) is 1.60. The van der Waals surface area contributed by atoms with E-state index >= 15 is 0 Å². The number of nitrogens with zero attached hydrogens (tertiary/aromatic N) is 2. The zero-order valence-electron chi connectivity index (χ0n) is 20.6. The van der Waals surface area contributed by atoms with Gasteiger partial charge in [-0.2, -0.15) is 18.2 Å². The number of halogens is 4. The van der Waals surface area contributed by atoms with Crippen LogP contribution in [-0.2, 0) is 21.6 Å². The second-order valence-electron chi connectivity index (χ2n) is 9.48. The Morgan fingerprint density at radius 3 is 2.39 bits per heavy atom. The summed E-state index contributed by atoms with van der Waals surface area (Å²) >= 11 is 6.37. The molecule has 0 radical (unpaired) electrons. The fraction of sp³-hybridized carbons (Fsp3) is 0.385. The molecule has 10 heteroatoms. The predicted octanol–water partition coefficient (Wildman–Crippen LogP) is 6.12. The first-order chi connectivity index (χ1) is 16.7. The van der Waals surface area contributed by atoms with Gasteiger partial charge in [-0.15, -0.1) is 0 Å². The van der Waals surface area contributed by atoms with Crippen LogP contribution < -0.4 is 5.69 Å². The molecule has 1 aromatic heterocycles. The average Bonchev–Trinajstić information content (AvgIpc) is 2.82. The van der Waals surface area contributed by atoms with E-state index in [0.717, 1.165) is 19.4 Å². The predicted molar refractivity (Wildman–Crippen MR) is 132 cm³/mol. The Morgan fingerprint density at radius 2 is 1.75 bits per heavy atom. The van der Waals surface area contributed by atoms with Crippen molar-refractivity contribution in [2.45, 2.75) is 52.3 Å². The van der Waals surface area contributed by atoms with Gasteiger partial charge in [0, 0.05) is 24.7 Å². The molecule has 0 bridgehead atoms. The van der Waals surface area contributed by atoms with E-state index in [2.05, 4.69) is 15.0 Å². The van der Waals surface area contributed by atoms with Crippen LogP contribution in [0.4, 0.5) is 13.2 Å². The van der Waals surface area contributed by atoms with Crippen molar-refractivity contribution in [3.05, 3.63) is 69.1 Å². The summed E-state index contributed by atoms with van der Waals surface area (Å²) in [6.07, 6.45) is -4.87. The summed E-state index contributed by atoms with van der Waals surface area (Å²) < 4.78 is 45.1. The Hall–Kier alpha value is -3.04. The lowest BCUT2D eigenvalue weighted by atomic mass is 9.84. The molecule has 3 aromatic rings. The highest BCUT2D eigenvalue weighted by Gasteiger charge is 2.51. The number of nitrogens with one attached hydrogen (secondary N) is 1. The van der Waals surface area contributed by atoms with E-state index in [1.807, 2.05) is 32.0 Å². The molecule has 0 unspecified atom stereocenters. The number of Topliss-reactive ketones (excluding diaryl/α,β-unsaturated/α-hetero) is 1. The normalized spacial score (nSPS) is 12.6. The number of carbonyl (C=O) groups is 1. The zero-order chi connectivity index (χ0) is 26.9. The quantitative estimate of drug-likeness (QED) is 0.386. The lowest BCUT2D eigenvalue weighted by Gasteiger charge is -2.26. The number of benzene rings is 2. The van der Waals surface area contributed by atoms with Gasteiger partial charge in [0.05, 0.1) is 10.6 Å². The number of aromatic nitrogens is 3. The number of aryl methyl sites for hydroxylation is 1. The molecule has 0 aliphatic heterocycles. The van der Waals surface area contributed by atoms with E-state index in [4.69, 9.17) is 16.3 Å². The monoisotopic (exact) mass is 521 g/mol. The average molecular weight is 522 g/mol. The molecule has 0 fully saturated rings. The molecule has 0 saturated heterocycles. The molecule has 192 valence electrons. The van der Waals surface area contributed by atoms with E-state index in [1.54, 1.807) is 31.4 Å². The van der Waals surface area contributed by atoms with Crippen LogP contribution >= 0.6 is 11.6 Å². The van der Waals surface area contributed by atoms with Gasteiger partial charge in [0.25, 0.3) is 0 Å². The van der Waals surface area contributed by atoms with Gasteiger partial charge in [-0.05, 0) is 63.4 Å². The number of rotatable bonds is 8. The van der Waals surface area contributed by atoms with E-state index < -0.39 is 28.7 Å². The van der Waals surface area contributed by atoms with Crippen molar-refractivity contribution in [3.8, 4) is 22.8 Å². The van der Waals surface area contributed by atoms with Gasteiger partial charge in [0.2, 0.25) is 0 Å². The first-order valence-corrected chi connectivity index (χ1v) is 11.6. The molecule has 36 heavy (non-hydrogen) atoms. The number of carbonyl (C=O) groups excluding carboxylic acids is 1. The third-order valence-electron chi connectivity index (χ3n) is 6.31. The summed E-state index contributed by atoms with van der Waals surface area (Å²) in [5.41, 5.74) is -1.26. The van der Waals surface area contributed by atoms with Gasteiger partial charge in [0.15, 0.2) is 5.82 Å². The summed E-state index contributed by atoms with van der Waals surface area (Å²) in [5, 5.41) is 0.273. The number of H-pyrrole nitrogens is 1. The van der Waals surface area contributed by atoms with Crippen LogP contribution in [0.15, 0.2) is 47.3 Å². The number of methoxy groups -OCH3 is 1. The van der Waals surface area contributed by atoms with E-state index in [1.165, 1.54) is 0 Å². The molecule has 0 aliphatic carbocycles. The highest BCUT2D eigenvalue weighted by Crippen LogP contribution is 2.39. The molecule has 0 atom stereocenters. The minimum absolute atomic E-state index is 0.0683.